The second-order valence-electron chi connectivity index (χ2n) is 5.44. The molecular weight excluding hydrogens is 278 g/mol. The third-order valence-corrected chi connectivity index (χ3v) is 5.14. The minimum absolute atomic E-state index is 0.319. The highest BCUT2D eigenvalue weighted by molar-refractivity contribution is 7.13. The number of primary amides is 1. The molecule has 3 rings (SSSR count). The molecule has 0 aromatic carbocycles. The van der Waals surface area contributed by atoms with Crippen LogP contribution in [0.5, 0.6) is 0 Å². The Bertz CT molecular complexity index is 497. The predicted octanol–water partition coefficient (Wildman–Crippen LogP) is 0.752. The van der Waals surface area contributed by atoms with Crippen LogP contribution in [-0.2, 0) is 4.74 Å². The number of carbonyl (C=O) groups excluding carboxylic acids is 1. The van der Waals surface area contributed by atoms with Gasteiger partial charge in [-0.2, -0.15) is 0 Å². The van der Waals surface area contributed by atoms with Gasteiger partial charge in [0.15, 0.2) is 5.13 Å². The smallest absolute Gasteiger partial charge is 0.268 e. The van der Waals surface area contributed by atoms with Crippen LogP contribution >= 0.6 is 11.3 Å². The molecule has 2 aliphatic rings. The van der Waals surface area contributed by atoms with Crippen molar-refractivity contribution < 1.29 is 14.6 Å². The highest BCUT2D eigenvalue weighted by Gasteiger charge is 2.44. The van der Waals surface area contributed by atoms with Crippen LogP contribution in [0.15, 0.2) is 5.38 Å². The fourth-order valence-electron chi connectivity index (χ4n) is 2.99. The lowest BCUT2D eigenvalue weighted by molar-refractivity contribution is -0.164. The van der Waals surface area contributed by atoms with Crippen molar-refractivity contribution in [1.82, 2.24) is 4.98 Å². The number of hydrogen-bond acceptors (Lipinski definition) is 6. The summed E-state index contributed by atoms with van der Waals surface area (Å²) < 4.78 is 5.88. The van der Waals surface area contributed by atoms with Crippen molar-refractivity contribution in [2.45, 2.75) is 37.4 Å². The quantitative estimate of drug-likeness (QED) is 0.841. The molecule has 1 amide bonds. The van der Waals surface area contributed by atoms with Crippen LogP contribution in [0.25, 0.3) is 0 Å². The molecule has 0 unspecified atom stereocenters. The molecule has 1 atom stereocenters. The van der Waals surface area contributed by atoms with Crippen molar-refractivity contribution in [1.29, 1.82) is 0 Å². The number of aliphatic hydroxyl groups excluding tert-OH is 1. The van der Waals surface area contributed by atoms with Crippen LogP contribution in [0.2, 0.25) is 0 Å². The Morgan fingerprint density at radius 2 is 2.30 bits per heavy atom. The maximum absolute atomic E-state index is 11.1. The Morgan fingerprint density at radius 3 is 2.90 bits per heavy atom. The van der Waals surface area contributed by atoms with Gasteiger partial charge in [0, 0.05) is 25.1 Å². The Kier molecular flexibility index (Phi) is 3.66. The molecule has 2 fully saturated rings. The fraction of sp³-hybridized carbons (Fsp3) is 0.692. The number of nitrogens with zero attached hydrogens (tertiary/aromatic N) is 2. The zero-order valence-electron chi connectivity index (χ0n) is 11.2. The monoisotopic (exact) mass is 297 g/mol. The summed E-state index contributed by atoms with van der Waals surface area (Å²) in [4.78, 5) is 17.5. The topological polar surface area (TPSA) is 88.7 Å². The van der Waals surface area contributed by atoms with Crippen LogP contribution in [-0.4, -0.2) is 47.4 Å². The summed E-state index contributed by atoms with van der Waals surface area (Å²) in [6.45, 7) is 2.30. The number of ether oxygens (including phenoxy) is 1. The third kappa shape index (κ3) is 2.41. The van der Waals surface area contributed by atoms with Gasteiger partial charge in [0.1, 0.15) is 5.69 Å². The molecule has 110 valence electrons. The van der Waals surface area contributed by atoms with Gasteiger partial charge in [-0.05, 0) is 25.7 Å². The highest BCUT2D eigenvalue weighted by atomic mass is 32.1. The predicted molar refractivity (Wildman–Crippen MR) is 76.0 cm³/mol. The molecule has 0 saturated carbocycles. The summed E-state index contributed by atoms with van der Waals surface area (Å²) in [5.41, 5.74) is 5.16. The Balaban J connectivity index is 1.67. The standard InChI is InChI=1S/C13H19N3O3S/c14-11(18)9-8-20-12(15-9)16-5-3-13(4-6-16)10(17)2-1-7-19-13/h8,10,17H,1-7H2,(H2,14,18)/t10-/m0/s1. The van der Waals surface area contributed by atoms with Gasteiger partial charge >= 0.3 is 0 Å². The normalized spacial score (nSPS) is 25.9. The van der Waals surface area contributed by atoms with Crippen molar-refractivity contribution >= 4 is 22.4 Å². The molecule has 1 aromatic heterocycles. The van der Waals surface area contributed by atoms with E-state index in [0.717, 1.165) is 50.5 Å². The molecular formula is C13H19N3O3S. The maximum Gasteiger partial charge on any atom is 0.268 e. The van der Waals surface area contributed by atoms with Crippen molar-refractivity contribution in [2.75, 3.05) is 24.6 Å². The number of rotatable bonds is 2. The van der Waals surface area contributed by atoms with E-state index in [2.05, 4.69) is 9.88 Å². The molecule has 2 saturated heterocycles. The number of hydrogen-bond donors (Lipinski definition) is 2. The molecule has 20 heavy (non-hydrogen) atoms. The Labute approximate surface area is 121 Å². The lowest BCUT2D eigenvalue weighted by Crippen LogP contribution is -2.55. The molecule has 0 bridgehead atoms. The first-order chi connectivity index (χ1) is 9.61. The molecule has 6 nitrogen and oxygen atoms in total. The van der Waals surface area contributed by atoms with Gasteiger partial charge in [-0.15, -0.1) is 11.3 Å². The molecule has 3 heterocycles. The average molecular weight is 297 g/mol. The van der Waals surface area contributed by atoms with Crippen molar-refractivity contribution in [2.24, 2.45) is 5.73 Å². The maximum atomic E-state index is 11.1. The average Bonchev–Trinajstić information content (AvgIpc) is 2.93. The van der Waals surface area contributed by atoms with E-state index in [9.17, 15) is 9.90 Å². The molecule has 0 aliphatic carbocycles. The summed E-state index contributed by atoms with van der Waals surface area (Å²) in [7, 11) is 0. The minimum Gasteiger partial charge on any atom is -0.390 e. The zero-order chi connectivity index (χ0) is 14.2. The van der Waals surface area contributed by atoms with Crippen LogP contribution in [0.1, 0.15) is 36.2 Å². The van der Waals surface area contributed by atoms with Gasteiger partial charge < -0.3 is 20.5 Å². The van der Waals surface area contributed by atoms with Crippen LogP contribution in [0.4, 0.5) is 5.13 Å². The van der Waals surface area contributed by atoms with E-state index in [-0.39, 0.29) is 11.7 Å². The number of nitrogens with two attached hydrogens (primary N) is 1. The molecule has 0 radical (unpaired) electrons. The molecule has 1 spiro atoms. The first-order valence-electron chi connectivity index (χ1n) is 6.93. The number of thiazole rings is 1. The number of anilines is 1. The lowest BCUT2D eigenvalue weighted by atomic mass is 9.82. The highest BCUT2D eigenvalue weighted by Crippen LogP contribution is 2.37. The first-order valence-corrected chi connectivity index (χ1v) is 7.81. The third-order valence-electron chi connectivity index (χ3n) is 4.24. The van der Waals surface area contributed by atoms with E-state index < -0.39 is 5.91 Å². The SMILES string of the molecule is NC(=O)c1csc(N2CCC3(CC2)OCCC[C@@H]3O)n1. The van der Waals surface area contributed by atoms with Gasteiger partial charge in [0.05, 0.1) is 11.7 Å². The minimum atomic E-state index is -0.494. The van der Waals surface area contributed by atoms with Gasteiger partial charge in [0.2, 0.25) is 0 Å². The van der Waals surface area contributed by atoms with Crippen LogP contribution in [0.3, 0.4) is 0 Å². The molecule has 7 heteroatoms. The van der Waals surface area contributed by atoms with E-state index in [1.54, 1.807) is 5.38 Å². The summed E-state index contributed by atoms with van der Waals surface area (Å²) in [5.74, 6) is -0.494. The number of carbonyl (C=O) groups is 1. The summed E-state index contributed by atoms with van der Waals surface area (Å²) >= 11 is 1.43. The second kappa shape index (κ2) is 5.31. The summed E-state index contributed by atoms with van der Waals surface area (Å²) in [6.07, 6.45) is 2.97. The van der Waals surface area contributed by atoms with E-state index >= 15 is 0 Å². The van der Waals surface area contributed by atoms with Gasteiger partial charge in [-0.1, -0.05) is 0 Å². The number of aliphatic hydroxyl groups is 1. The van der Waals surface area contributed by atoms with Gasteiger partial charge in [0.25, 0.3) is 5.91 Å². The number of aromatic nitrogens is 1. The van der Waals surface area contributed by atoms with Gasteiger partial charge in [-0.25, -0.2) is 4.98 Å². The zero-order valence-corrected chi connectivity index (χ0v) is 12.1. The van der Waals surface area contributed by atoms with E-state index in [0.29, 0.717) is 5.69 Å². The van der Waals surface area contributed by atoms with Crippen LogP contribution in [0, 0.1) is 0 Å². The largest absolute Gasteiger partial charge is 0.390 e. The van der Waals surface area contributed by atoms with Gasteiger partial charge in [-0.3, -0.25) is 4.79 Å². The van der Waals surface area contributed by atoms with Crippen LogP contribution < -0.4 is 10.6 Å². The Morgan fingerprint density at radius 1 is 1.55 bits per heavy atom. The molecule has 1 aromatic rings. The number of piperidine rings is 1. The molecule has 2 aliphatic heterocycles. The van der Waals surface area contributed by atoms with E-state index in [1.165, 1.54) is 11.3 Å². The van der Waals surface area contributed by atoms with Crippen molar-refractivity contribution in [3.8, 4) is 0 Å². The number of amides is 1. The fourth-order valence-corrected chi connectivity index (χ4v) is 3.86. The van der Waals surface area contributed by atoms with Crippen molar-refractivity contribution in [3.63, 3.8) is 0 Å². The lowest BCUT2D eigenvalue weighted by Gasteiger charge is -2.46. The van der Waals surface area contributed by atoms with E-state index in [1.807, 2.05) is 0 Å². The summed E-state index contributed by atoms with van der Waals surface area (Å²) in [5, 5.41) is 12.7. The second-order valence-corrected chi connectivity index (χ2v) is 6.27. The van der Waals surface area contributed by atoms with E-state index in [4.69, 9.17) is 10.5 Å². The first kappa shape index (κ1) is 13.8. The molecule has 3 N–H and O–H groups in total. The van der Waals surface area contributed by atoms with Crippen molar-refractivity contribution in [3.05, 3.63) is 11.1 Å². The summed E-state index contributed by atoms with van der Waals surface area (Å²) in [6, 6.07) is 0. The Hall–Kier alpha value is -1.18.